The molecule has 0 radical (unpaired) electrons. The number of thiophene rings is 1. The Labute approximate surface area is 126 Å². The van der Waals surface area contributed by atoms with Crippen LogP contribution in [0.4, 0.5) is 0 Å². The van der Waals surface area contributed by atoms with Crippen LogP contribution in [0.1, 0.15) is 10.4 Å². The van der Waals surface area contributed by atoms with Gasteiger partial charge in [-0.3, -0.25) is 4.90 Å². The number of nitrogens with one attached hydrogen (secondary N) is 1. The molecule has 7 heteroatoms. The molecule has 1 aliphatic heterocycles. The molecule has 2 N–H and O–H groups in total. The lowest BCUT2D eigenvalue weighted by Gasteiger charge is -2.26. The normalized spacial score (nSPS) is 15.7. The minimum Gasteiger partial charge on any atom is -0.395 e. The smallest absolute Gasteiger partial charge is 0.141 e. The summed E-state index contributed by atoms with van der Waals surface area (Å²) in [4.78, 5) is 13.2. The third-order valence-electron chi connectivity index (χ3n) is 3.56. The fourth-order valence-electron chi connectivity index (χ4n) is 2.57. The number of hydrogen-bond donors (Lipinski definition) is 2. The van der Waals surface area contributed by atoms with E-state index in [0.717, 1.165) is 42.8 Å². The SMILES string of the molecule is OCCNCCN1CCc2c(sc3ncnc(Cl)c23)C1. The Morgan fingerprint density at radius 2 is 2.30 bits per heavy atom. The van der Waals surface area contributed by atoms with Gasteiger partial charge in [-0.05, 0) is 12.0 Å². The van der Waals surface area contributed by atoms with Crippen molar-refractivity contribution in [1.82, 2.24) is 20.2 Å². The average molecular weight is 313 g/mol. The molecule has 108 valence electrons. The molecule has 0 saturated heterocycles. The first-order chi connectivity index (χ1) is 9.79. The van der Waals surface area contributed by atoms with Crippen LogP contribution in [0.15, 0.2) is 6.33 Å². The molecule has 2 aromatic heterocycles. The monoisotopic (exact) mass is 312 g/mol. The van der Waals surface area contributed by atoms with E-state index in [4.69, 9.17) is 16.7 Å². The number of aliphatic hydroxyl groups is 1. The summed E-state index contributed by atoms with van der Waals surface area (Å²) in [6.07, 6.45) is 2.53. The first-order valence-corrected chi connectivity index (χ1v) is 7.93. The van der Waals surface area contributed by atoms with Crippen LogP contribution < -0.4 is 5.32 Å². The molecule has 2 aromatic rings. The minimum atomic E-state index is 0.192. The Morgan fingerprint density at radius 1 is 1.40 bits per heavy atom. The van der Waals surface area contributed by atoms with E-state index in [-0.39, 0.29) is 6.61 Å². The molecular weight excluding hydrogens is 296 g/mol. The minimum absolute atomic E-state index is 0.192. The Morgan fingerprint density at radius 3 is 3.15 bits per heavy atom. The van der Waals surface area contributed by atoms with Crippen molar-refractivity contribution in [2.24, 2.45) is 0 Å². The lowest BCUT2D eigenvalue weighted by atomic mass is 10.1. The zero-order valence-corrected chi connectivity index (χ0v) is 12.7. The molecule has 20 heavy (non-hydrogen) atoms. The van der Waals surface area contributed by atoms with Gasteiger partial charge in [0.2, 0.25) is 0 Å². The molecule has 0 aliphatic carbocycles. The summed E-state index contributed by atoms with van der Waals surface area (Å²) in [6.45, 7) is 4.73. The van der Waals surface area contributed by atoms with Crippen LogP contribution in [-0.2, 0) is 13.0 Å². The van der Waals surface area contributed by atoms with E-state index in [0.29, 0.717) is 11.7 Å². The fourth-order valence-corrected chi connectivity index (χ4v) is 4.11. The fraction of sp³-hybridized carbons (Fsp3) is 0.538. The van der Waals surface area contributed by atoms with Gasteiger partial charge in [-0.15, -0.1) is 11.3 Å². The average Bonchev–Trinajstić information content (AvgIpc) is 2.82. The maximum absolute atomic E-state index is 8.74. The number of halogens is 1. The lowest BCUT2D eigenvalue weighted by molar-refractivity contribution is 0.248. The number of rotatable bonds is 5. The van der Waals surface area contributed by atoms with E-state index in [2.05, 4.69) is 20.2 Å². The van der Waals surface area contributed by atoms with Crippen LogP contribution in [0.5, 0.6) is 0 Å². The van der Waals surface area contributed by atoms with Crippen LogP contribution in [-0.4, -0.2) is 52.8 Å². The highest BCUT2D eigenvalue weighted by Gasteiger charge is 2.22. The largest absolute Gasteiger partial charge is 0.395 e. The second-order valence-electron chi connectivity index (χ2n) is 4.85. The molecule has 0 fully saturated rings. The van der Waals surface area contributed by atoms with Gasteiger partial charge in [0, 0.05) is 37.6 Å². The molecule has 0 amide bonds. The van der Waals surface area contributed by atoms with E-state index in [1.54, 1.807) is 11.3 Å². The van der Waals surface area contributed by atoms with Gasteiger partial charge in [-0.2, -0.15) is 0 Å². The number of nitrogens with zero attached hydrogens (tertiary/aromatic N) is 3. The highest BCUT2D eigenvalue weighted by atomic mass is 35.5. The van der Waals surface area contributed by atoms with Crippen LogP contribution in [0.25, 0.3) is 10.2 Å². The van der Waals surface area contributed by atoms with Crippen molar-refractivity contribution < 1.29 is 5.11 Å². The molecule has 0 aromatic carbocycles. The zero-order valence-electron chi connectivity index (χ0n) is 11.1. The topological polar surface area (TPSA) is 61.3 Å². The molecule has 0 bridgehead atoms. The Balaban J connectivity index is 1.72. The molecule has 0 saturated carbocycles. The summed E-state index contributed by atoms with van der Waals surface area (Å²) in [7, 11) is 0. The molecule has 0 unspecified atom stereocenters. The van der Waals surface area contributed by atoms with Gasteiger partial charge in [0.15, 0.2) is 0 Å². The van der Waals surface area contributed by atoms with Crippen LogP contribution in [0.3, 0.4) is 0 Å². The van der Waals surface area contributed by atoms with Gasteiger partial charge in [-0.25, -0.2) is 9.97 Å². The van der Waals surface area contributed by atoms with Crippen molar-refractivity contribution >= 4 is 33.2 Å². The quantitative estimate of drug-likeness (QED) is 0.643. The summed E-state index contributed by atoms with van der Waals surface area (Å²) < 4.78 is 0. The highest BCUT2D eigenvalue weighted by molar-refractivity contribution is 7.19. The van der Waals surface area contributed by atoms with Gasteiger partial charge in [0.1, 0.15) is 16.3 Å². The number of fused-ring (bicyclic) bond motifs is 3. The summed E-state index contributed by atoms with van der Waals surface area (Å²) in [5.74, 6) is 0. The molecular formula is C13H17ClN4OS. The zero-order chi connectivity index (χ0) is 13.9. The van der Waals surface area contributed by atoms with Crippen LogP contribution >= 0.6 is 22.9 Å². The van der Waals surface area contributed by atoms with E-state index in [1.807, 2.05) is 0 Å². The first kappa shape index (κ1) is 14.2. The number of hydrogen-bond acceptors (Lipinski definition) is 6. The summed E-state index contributed by atoms with van der Waals surface area (Å²) in [6, 6.07) is 0. The van der Waals surface area contributed by atoms with Crippen molar-refractivity contribution in [3.05, 3.63) is 21.9 Å². The van der Waals surface area contributed by atoms with E-state index >= 15 is 0 Å². The van der Waals surface area contributed by atoms with Crippen molar-refractivity contribution in [2.45, 2.75) is 13.0 Å². The van der Waals surface area contributed by atoms with Crippen LogP contribution in [0.2, 0.25) is 5.15 Å². The van der Waals surface area contributed by atoms with E-state index < -0.39 is 0 Å². The number of aliphatic hydroxyl groups excluding tert-OH is 1. The Kier molecular flexibility index (Phi) is 4.48. The van der Waals surface area contributed by atoms with Crippen LogP contribution in [0, 0.1) is 0 Å². The predicted octanol–water partition coefficient (Wildman–Crippen LogP) is 1.28. The third kappa shape index (κ3) is 2.80. The van der Waals surface area contributed by atoms with Gasteiger partial charge in [0.05, 0.1) is 12.0 Å². The Hall–Kier alpha value is -0.790. The molecule has 0 atom stereocenters. The van der Waals surface area contributed by atoms with Gasteiger partial charge < -0.3 is 10.4 Å². The summed E-state index contributed by atoms with van der Waals surface area (Å²) in [5.41, 5.74) is 1.33. The second kappa shape index (κ2) is 6.32. The van der Waals surface area contributed by atoms with Gasteiger partial charge in [0.25, 0.3) is 0 Å². The Bertz CT molecular complexity index is 603. The maximum atomic E-state index is 8.74. The predicted molar refractivity (Wildman–Crippen MR) is 81.4 cm³/mol. The molecule has 0 spiro atoms. The molecule has 5 nitrogen and oxygen atoms in total. The van der Waals surface area contributed by atoms with E-state index in [9.17, 15) is 0 Å². The first-order valence-electron chi connectivity index (χ1n) is 6.74. The molecule has 1 aliphatic rings. The van der Waals surface area contributed by atoms with Crippen molar-refractivity contribution in [3.63, 3.8) is 0 Å². The second-order valence-corrected chi connectivity index (χ2v) is 6.29. The molecule has 3 heterocycles. The summed E-state index contributed by atoms with van der Waals surface area (Å²) in [5, 5.41) is 13.6. The van der Waals surface area contributed by atoms with Crippen molar-refractivity contribution in [3.8, 4) is 0 Å². The highest BCUT2D eigenvalue weighted by Crippen LogP contribution is 2.36. The standard InChI is InChI=1S/C13H17ClN4OS/c14-12-11-9-1-4-18(5-2-15-3-6-19)7-10(9)20-13(11)17-8-16-12/h8,15,19H,1-7H2. The molecule has 3 rings (SSSR count). The van der Waals surface area contributed by atoms with Gasteiger partial charge in [-0.1, -0.05) is 11.6 Å². The summed E-state index contributed by atoms with van der Waals surface area (Å²) >= 11 is 7.92. The van der Waals surface area contributed by atoms with Gasteiger partial charge >= 0.3 is 0 Å². The van der Waals surface area contributed by atoms with Crippen molar-refractivity contribution in [2.75, 3.05) is 32.8 Å². The third-order valence-corrected chi connectivity index (χ3v) is 4.97. The number of aromatic nitrogens is 2. The lowest BCUT2D eigenvalue weighted by Crippen LogP contribution is -2.36. The maximum Gasteiger partial charge on any atom is 0.141 e. The van der Waals surface area contributed by atoms with E-state index in [1.165, 1.54) is 16.8 Å². The van der Waals surface area contributed by atoms with Crippen molar-refractivity contribution in [1.29, 1.82) is 0 Å².